The monoisotopic (exact) mass is 154 g/mol. The molecule has 0 aliphatic heterocycles. The van der Waals surface area contributed by atoms with Crippen molar-refractivity contribution in [1.29, 1.82) is 0 Å². The van der Waals surface area contributed by atoms with Crippen molar-refractivity contribution in [1.82, 2.24) is 0 Å². The summed E-state index contributed by atoms with van der Waals surface area (Å²) in [4.78, 5) is 8.68. The predicted molar refractivity (Wildman–Crippen MR) is 33.4 cm³/mol. The van der Waals surface area contributed by atoms with Gasteiger partial charge in [-0.15, -0.1) is 0 Å². The predicted octanol–water partition coefficient (Wildman–Crippen LogP) is 0.201. The van der Waals surface area contributed by atoms with Gasteiger partial charge in [0.15, 0.2) is 0 Å². The molecule has 56 valence electrons. The van der Waals surface area contributed by atoms with Crippen LogP contribution in [0, 0.1) is 0 Å². The Bertz CT molecular complexity index is 113. The highest BCUT2D eigenvalue weighted by molar-refractivity contribution is 7.52. The molecular formula is C4H11O4P. The summed E-state index contributed by atoms with van der Waals surface area (Å²) < 4.78 is 15.0. The Hall–Kier alpha value is 0.110. The quantitative estimate of drug-likeness (QED) is 0.567. The van der Waals surface area contributed by atoms with E-state index >= 15 is 0 Å². The summed E-state index contributed by atoms with van der Waals surface area (Å²) in [5, 5.41) is 8.17. The lowest BCUT2D eigenvalue weighted by Gasteiger charge is -2.06. The van der Waals surface area contributed by atoms with Crippen LogP contribution in [0.5, 0.6) is 0 Å². The molecule has 0 rings (SSSR count). The fourth-order valence-electron chi connectivity index (χ4n) is 0.275. The van der Waals surface area contributed by atoms with Crippen LogP contribution < -0.4 is 0 Å². The molecule has 1 atom stereocenters. The van der Waals surface area contributed by atoms with Crippen molar-refractivity contribution in [3.63, 3.8) is 0 Å². The Balaban J connectivity index is 3.46. The van der Waals surface area contributed by atoms with Crippen LogP contribution in [0.25, 0.3) is 0 Å². The summed E-state index contributed by atoms with van der Waals surface area (Å²) in [6, 6.07) is 0. The summed E-state index contributed by atoms with van der Waals surface area (Å²) in [6.07, 6.45) is 0.0903. The molecule has 4 nitrogen and oxygen atoms in total. The first-order valence-electron chi connectivity index (χ1n) is 2.69. The van der Waals surface area contributed by atoms with E-state index in [0.29, 0.717) is 0 Å². The number of aliphatic hydroxyl groups is 1. The standard InChI is InChI=1S/C4H11O4P/c1-2-9(6,7)8-4-3-5/h5H,2-4H2,1H3,(H,6,7). The fraction of sp³-hybridized carbons (Fsp3) is 1.00. The van der Waals surface area contributed by atoms with Crippen LogP contribution in [-0.2, 0) is 9.09 Å². The van der Waals surface area contributed by atoms with Gasteiger partial charge in [-0.05, 0) is 0 Å². The van der Waals surface area contributed by atoms with Crippen LogP contribution >= 0.6 is 7.60 Å². The third kappa shape index (κ3) is 4.60. The van der Waals surface area contributed by atoms with Gasteiger partial charge < -0.3 is 14.5 Å². The molecule has 0 heterocycles. The minimum absolute atomic E-state index is 0.0678. The minimum Gasteiger partial charge on any atom is -0.394 e. The smallest absolute Gasteiger partial charge is 0.327 e. The number of aliphatic hydroxyl groups excluding tert-OH is 1. The minimum atomic E-state index is -3.35. The summed E-state index contributed by atoms with van der Waals surface area (Å²) in [5.74, 6) is 0. The van der Waals surface area contributed by atoms with Crippen LogP contribution in [0.2, 0.25) is 0 Å². The molecule has 9 heavy (non-hydrogen) atoms. The maximum Gasteiger partial charge on any atom is 0.327 e. The Morgan fingerprint density at radius 2 is 2.22 bits per heavy atom. The van der Waals surface area contributed by atoms with Gasteiger partial charge in [0.1, 0.15) is 0 Å². The van der Waals surface area contributed by atoms with Crippen LogP contribution in [0.1, 0.15) is 6.92 Å². The van der Waals surface area contributed by atoms with Crippen molar-refractivity contribution in [2.24, 2.45) is 0 Å². The maximum absolute atomic E-state index is 10.6. The second-order valence-electron chi connectivity index (χ2n) is 1.51. The van der Waals surface area contributed by atoms with Gasteiger partial charge in [-0.1, -0.05) is 6.92 Å². The van der Waals surface area contributed by atoms with Gasteiger partial charge in [-0.25, -0.2) is 0 Å². The summed E-state index contributed by atoms with van der Waals surface area (Å²) in [6.45, 7) is 1.27. The van der Waals surface area contributed by atoms with Gasteiger partial charge in [-0.3, -0.25) is 4.57 Å². The zero-order valence-corrected chi connectivity index (χ0v) is 6.17. The summed E-state index contributed by atoms with van der Waals surface area (Å²) >= 11 is 0. The fourth-order valence-corrected chi connectivity index (χ4v) is 0.824. The molecule has 0 aliphatic rings. The Labute approximate surface area is 54.0 Å². The van der Waals surface area contributed by atoms with Crippen molar-refractivity contribution >= 4 is 7.60 Å². The Morgan fingerprint density at radius 3 is 2.56 bits per heavy atom. The van der Waals surface area contributed by atoms with E-state index in [1.807, 2.05) is 0 Å². The highest BCUT2D eigenvalue weighted by Crippen LogP contribution is 2.40. The highest BCUT2D eigenvalue weighted by atomic mass is 31.2. The topological polar surface area (TPSA) is 66.8 Å². The Kier molecular flexibility index (Phi) is 4.06. The molecule has 0 aromatic heterocycles. The van der Waals surface area contributed by atoms with E-state index in [2.05, 4.69) is 4.52 Å². The third-order valence-electron chi connectivity index (χ3n) is 0.784. The molecule has 0 aromatic rings. The average molecular weight is 154 g/mol. The first-order chi connectivity index (χ1) is 4.12. The molecule has 0 bridgehead atoms. The van der Waals surface area contributed by atoms with E-state index in [0.717, 1.165) is 0 Å². The first kappa shape index (κ1) is 9.11. The van der Waals surface area contributed by atoms with Crippen molar-refractivity contribution in [2.45, 2.75) is 6.92 Å². The van der Waals surface area contributed by atoms with Crippen molar-refractivity contribution in [2.75, 3.05) is 19.4 Å². The van der Waals surface area contributed by atoms with E-state index in [1.165, 1.54) is 0 Å². The zero-order valence-electron chi connectivity index (χ0n) is 5.28. The summed E-state index contributed by atoms with van der Waals surface area (Å²) in [7, 11) is -3.35. The zero-order chi connectivity index (χ0) is 7.33. The lowest BCUT2D eigenvalue weighted by Crippen LogP contribution is -1.98. The van der Waals surface area contributed by atoms with Gasteiger partial charge in [0.25, 0.3) is 0 Å². The van der Waals surface area contributed by atoms with E-state index < -0.39 is 7.60 Å². The van der Waals surface area contributed by atoms with Gasteiger partial charge in [-0.2, -0.15) is 0 Å². The maximum atomic E-state index is 10.6. The molecule has 2 N–H and O–H groups in total. The van der Waals surface area contributed by atoms with Crippen LogP contribution in [0.3, 0.4) is 0 Å². The van der Waals surface area contributed by atoms with Gasteiger partial charge >= 0.3 is 7.60 Å². The van der Waals surface area contributed by atoms with Crippen LogP contribution in [0.15, 0.2) is 0 Å². The molecule has 0 radical (unpaired) electrons. The van der Waals surface area contributed by atoms with Gasteiger partial charge in [0, 0.05) is 6.16 Å². The molecule has 0 saturated heterocycles. The van der Waals surface area contributed by atoms with Gasteiger partial charge in [0.2, 0.25) is 0 Å². The normalized spacial score (nSPS) is 17.2. The van der Waals surface area contributed by atoms with E-state index in [4.69, 9.17) is 10.00 Å². The second kappa shape index (κ2) is 4.01. The number of rotatable bonds is 4. The highest BCUT2D eigenvalue weighted by Gasteiger charge is 2.13. The molecule has 0 aromatic carbocycles. The van der Waals surface area contributed by atoms with E-state index in [9.17, 15) is 4.57 Å². The number of hydrogen-bond acceptors (Lipinski definition) is 3. The molecule has 0 saturated carbocycles. The SMILES string of the molecule is CCP(=O)(O)OCCO. The Morgan fingerprint density at radius 1 is 1.67 bits per heavy atom. The van der Waals surface area contributed by atoms with Crippen LogP contribution in [0.4, 0.5) is 0 Å². The van der Waals surface area contributed by atoms with Crippen molar-refractivity contribution in [3.8, 4) is 0 Å². The number of hydrogen-bond donors (Lipinski definition) is 2. The van der Waals surface area contributed by atoms with Crippen LogP contribution in [-0.4, -0.2) is 29.4 Å². The van der Waals surface area contributed by atoms with E-state index in [-0.39, 0.29) is 19.4 Å². The second-order valence-corrected chi connectivity index (χ2v) is 3.68. The molecule has 1 unspecified atom stereocenters. The molecule has 0 spiro atoms. The lowest BCUT2D eigenvalue weighted by atomic mass is 10.8. The lowest BCUT2D eigenvalue weighted by molar-refractivity contribution is 0.183. The molecule has 0 aliphatic carbocycles. The summed E-state index contributed by atoms with van der Waals surface area (Å²) in [5.41, 5.74) is 0. The molecule has 0 fully saturated rings. The van der Waals surface area contributed by atoms with Gasteiger partial charge in [0.05, 0.1) is 13.2 Å². The van der Waals surface area contributed by atoms with Crippen molar-refractivity contribution < 1.29 is 19.1 Å². The molecule has 0 amide bonds. The largest absolute Gasteiger partial charge is 0.394 e. The molecular weight excluding hydrogens is 143 g/mol. The van der Waals surface area contributed by atoms with E-state index in [1.54, 1.807) is 6.92 Å². The average Bonchev–Trinajstić information content (AvgIpc) is 1.84. The van der Waals surface area contributed by atoms with Crippen molar-refractivity contribution in [3.05, 3.63) is 0 Å². The molecule has 5 heteroatoms. The third-order valence-corrected chi connectivity index (χ3v) is 2.17. The first-order valence-corrected chi connectivity index (χ1v) is 4.46.